The summed E-state index contributed by atoms with van der Waals surface area (Å²) in [5.74, 6) is 0.114. The number of ether oxygens (including phenoxy) is 5. The Bertz CT molecular complexity index is 1280. The van der Waals surface area contributed by atoms with E-state index in [0.717, 1.165) is 36.8 Å². The molecule has 54 heavy (non-hydrogen) atoms. The highest BCUT2D eigenvalue weighted by Gasteiger charge is 2.32. The van der Waals surface area contributed by atoms with Crippen molar-refractivity contribution in [3.05, 3.63) is 33.5 Å². The molecule has 4 atom stereocenters. The van der Waals surface area contributed by atoms with Crippen LogP contribution in [0.1, 0.15) is 77.3 Å². The van der Waals surface area contributed by atoms with Gasteiger partial charge in [0.25, 0.3) is 11.0 Å². The number of aliphatic hydroxyl groups is 1. The first kappa shape index (κ1) is 46.4. The molecule has 2 rings (SSSR count). The maximum Gasteiger partial charge on any atom is 0.508 e. The average molecular weight is 770 g/mol. The first-order chi connectivity index (χ1) is 25.7. The highest BCUT2D eigenvalue weighted by molar-refractivity contribution is 5.80. The molecule has 1 aliphatic rings. The molecule has 1 aliphatic heterocycles. The molecule has 0 radical (unpaired) electrons. The number of hydrogen-bond acceptors (Lipinski definition) is 14. The molecule has 4 N–H and O–H groups in total. The van der Waals surface area contributed by atoms with E-state index in [4.69, 9.17) is 29.4 Å². The highest BCUT2D eigenvalue weighted by Crippen LogP contribution is 2.28. The van der Waals surface area contributed by atoms with E-state index in [1.165, 1.54) is 0 Å². The summed E-state index contributed by atoms with van der Waals surface area (Å²) in [6, 6.07) is 1.49. The summed E-state index contributed by atoms with van der Waals surface area (Å²) in [5, 5.41) is 23.5. The number of pyridine rings is 1. The predicted octanol–water partition coefficient (Wildman–Crippen LogP) is 3.10. The Balaban J connectivity index is 1.81. The molecule has 2 amide bonds. The number of methoxy groups -OCH3 is 2. The molecule has 0 aliphatic carbocycles. The molecular weight excluding hydrogens is 706 g/mol. The number of unbranched alkanes of at least 4 members (excludes halogenated alkanes) is 1. The van der Waals surface area contributed by atoms with Crippen molar-refractivity contribution in [3.8, 4) is 5.88 Å². The van der Waals surface area contributed by atoms with Gasteiger partial charge in [-0.1, -0.05) is 27.7 Å². The smallest absolute Gasteiger partial charge is 0.481 e. The zero-order chi connectivity index (χ0) is 40.0. The van der Waals surface area contributed by atoms with E-state index < -0.39 is 35.9 Å². The number of nitrogens with zero attached hydrogens (tertiary/aromatic N) is 3. The number of nitrogens with one attached hydrogen (secondary N) is 1. The van der Waals surface area contributed by atoms with Crippen molar-refractivity contribution in [2.75, 3.05) is 67.0 Å². The maximum atomic E-state index is 13.5. The minimum absolute atomic E-state index is 0.0215. The van der Waals surface area contributed by atoms with E-state index in [9.17, 15) is 29.6 Å². The van der Waals surface area contributed by atoms with Crippen LogP contribution in [0.4, 0.5) is 4.79 Å². The van der Waals surface area contributed by atoms with Crippen LogP contribution < -0.4 is 15.8 Å². The molecule has 1 aromatic heterocycles. The van der Waals surface area contributed by atoms with Gasteiger partial charge in [0.2, 0.25) is 11.8 Å². The maximum absolute atomic E-state index is 13.5. The van der Waals surface area contributed by atoms with Gasteiger partial charge in [-0.25, -0.2) is 9.78 Å². The first-order valence-electron chi connectivity index (χ1n) is 18.9. The van der Waals surface area contributed by atoms with Crippen molar-refractivity contribution in [2.24, 2.45) is 29.4 Å². The Hall–Kier alpha value is -3.80. The van der Waals surface area contributed by atoms with Crippen LogP contribution in [0, 0.1) is 33.8 Å². The van der Waals surface area contributed by atoms with Crippen LogP contribution in [0.3, 0.4) is 0 Å². The Morgan fingerprint density at radius 3 is 2.35 bits per heavy atom. The zero-order valence-corrected chi connectivity index (χ0v) is 32.9. The number of carbonyl (C=O) groups excluding carboxylic acids is 3. The third kappa shape index (κ3) is 17.6. The Labute approximate surface area is 319 Å². The molecule has 17 nitrogen and oxygen atoms in total. The fourth-order valence-electron chi connectivity index (χ4n) is 6.39. The van der Waals surface area contributed by atoms with E-state index in [1.54, 1.807) is 19.1 Å². The van der Waals surface area contributed by atoms with Crippen LogP contribution in [0.15, 0.2) is 12.3 Å². The lowest BCUT2D eigenvalue weighted by atomic mass is 9.80. The second-order valence-electron chi connectivity index (χ2n) is 14.4. The molecule has 0 aromatic carbocycles. The second-order valence-corrected chi connectivity index (χ2v) is 14.4. The molecule has 0 saturated carbocycles. The van der Waals surface area contributed by atoms with E-state index in [0.29, 0.717) is 50.8 Å². The predicted molar refractivity (Wildman–Crippen MR) is 198 cm³/mol. The van der Waals surface area contributed by atoms with Gasteiger partial charge in [-0.3, -0.25) is 9.59 Å². The zero-order valence-electron chi connectivity index (χ0n) is 32.9. The molecule has 0 bridgehead atoms. The fourth-order valence-corrected chi connectivity index (χ4v) is 6.39. The summed E-state index contributed by atoms with van der Waals surface area (Å²) in [6.45, 7) is 8.70. The lowest BCUT2D eigenvalue weighted by Gasteiger charge is -2.34. The molecule has 1 saturated heterocycles. The monoisotopic (exact) mass is 769 g/mol. The minimum Gasteiger partial charge on any atom is -0.481 e. The molecule has 308 valence electrons. The summed E-state index contributed by atoms with van der Waals surface area (Å²) >= 11 is 0. The van der Waals surface area contributed by atoms with E-state index >= 15 is 0 Å². The van der Waals surface area contributed by atoms with Gasteiger partial charge >= 0.3 is 6.16 Å². The Morgan fingerprint density at radius 1 is 1.02 bits per heavy atom. The number of aromatic nitrogens is 1. The number of aryl methyl sites for hydroxylation is 1. The van der Waals surface area contributed by atoms with Crippen molar-refractivity contribution in [1.29, 1.82) is 0 Å². The van der Waals surface area contributed by atoms with Crippen molar-refractivity contribution >= 4 is 18.0 Å². The van der Waals surface area contributed by atoms with Gasteiger partial charge in [0.05, 0.1) is 26.4 Å². The van der Waals surface area contributed by atoms with Gasteiger partial charge in [0.15, 0.2) is 6.61 Å². The van der Waals surface area contributed by atoms with Gasteiger partial charge in [0.1, 0.15) is 13.2 Å². The van der Waals surface area contributed by atoms with Gasteiger partial charge in [-0.15, -0.1) is 10.1 Å². The molecule has 1 fully saturated rings. The summed E-state index contributed by atoms with van der Waals surface area (Å²) in [4.78, 5) is 58.1. The van der Waals surface area contributed by atoms with Crippen molar-refractivity contribution < 1.29 is 53.1 Å². The van der Waals surface area contributed by atoms with Crippen LogP contribution in [-0.4, -0.2) is 123 Å². The minimum atomic E-state index is -1.04. The van der Waals surface area contributed by atoms with Gasteiger partial charge < -0.3 is 49.6 Å². The van der Waals surface area contributed by atoms with E-state index in [-0.39, 0.29) is 62.5 Å². The number of aliphatic hydroxyl groups excluding tert-OH is 1. The third-order valence-corrected chi connectivity index (χ3v) is 9.75. The number of carbonyl (C=O) groups is 3. The number of likely N-dealkylation sites (tertiary alicyclic amines) is 1. The van der Waals surface area contributed by atoms with E-state index in [2.05, 4.69) is 35.1 Å². The number of hydrogen-bond donors (Lipinski definition) is 3. The van der Waals surface area contributed by atoms with Crippen LogP contribution >= 0.6 is 0 Å². The molecular formula is C37H63N5O12. The number of amides is 2. The fraction of sp³-hybridized carbons (Fsp3) is 0.784. The lowest BCUT2D eigenvalue weighted by molar-refractivity contribution is -0.758. The molecule has 0 unspecified atom stereocenters. The topological polar surface area (TPSA) is 224 Å². The largest absolute Gasteiger partial charge is 0.508 e. The molecule has 0 spiro atoms. The number of nitrogens with two attached hydrogens (primary N) is 1. The molecule has 1 aromatic rings. The Kier molecular flexibility index (Phi) is 21.7. The molecule has 17 heteroatoms. The van der Waals surface area contributed by atoms with Crippen molar-refractivity contribution in [1.82, 2.24) is 15.2 Å². The lowest BCUT2D eigenvalue weighted by Crippen LogP contribution is -2.50. The first-order valence-corrected chi connectivity index (χ1v) is 18.9. The normalized spacial score (nSPS) is 15.7. The SMILES string of the molecule is COCCCCc1cc(C[C@@H](C[C@H](N)[C@@H](O)C[C@H](C(=O)NC2CCN(C(=O)COC(=O)OCCOCCO[N+](=O)[O-])CC2)C(C)C)C(C)C)cnc1OC. The average Bonchev–Trinajstić information content (AvgIpc) is 3.13. The van der Waals surface area contributed by atoms with Crippen LogP contribution in [0.2, 0.25) is 0 Å². The quantitative estimate of drug-likeness (QED) is 0.0533. The van der Waals surface area contributed by atoms with Crippen LogP contribution in [-0.2, 0) is 46.2 Å². The number of rotatable bonds is 26. The third-order valence-electron chi connectivity index (χ3n) is 9.75. The molecule has 2 heterocycles. The highest BCUT2D eigenvalue weighted by atomic mass is 17.0. The Morgan fingerprint density at radius 2 is 1.72 bits per heavy atom. The summed E-state index contributed by atoms with van der Waals surface area (Å²) in [6.07, 6.45) is 5.34. The van der Waals surface area contributed by atoms with Crippen molar-refractivity contribution in [3.63, 3.8) is 0 Å². The van der Waals surface area contributed by atoms with Crippen LogP contribution in [0.25, 0.3) is 0 Å². The van der Waals surface area contributed by atoms with Gasteiger partial charge in [-0.05, 0) is 80.8 Å². The van der Waals surface area contributed by atoms with Crippen LogP contribution in [0.5, 0.6) is 5.88 Å². The standard InChI is InChI=1S/C37H63N5O12/c1-25(2)29(20-27-19-28(9-7-8-14-49-5)36(50-6)39-23-27)21-32(38)33(43)22-31(26(3)4)35(45)40-30-10-12-41(13-11-30)34(44)24-53-37(46)52-17-15-51-16-18-54-42(47)48/h19,23,25-26,29-33,43H,7-18,20-22,24,38H2,1-6H3,(H,40,45)/t29-,31-,32-,33-/m0/s1. The number of piperidine rings is 1. The van der Waals surface area contributed by atoms with E-state index in [1.807, 2.05) is 20.0 Å². The second kappa shape index (κ2) is 25.3. The van der Waals surface area contributed by atoms with Gasteiger partial charge in [-0.2, -0.15) is 0 Å². The summed E-state index contributed by atoms with van der Waals surface area (Å²) in [7, 11) is 3.33. The summed E-state index contributed by atoms with van der Waals surface area (Å²) < 4.78 is 25.4. The summed E-state index contributed by atoms with van der Waals surface area (Å²) in [5.41, 5.74) is 8.78. The van der Waals surface area contributed by atoms with Crippen molar-refractivity contribution in [2.45, 2.75) is 97.2 Å². The van der Waals surface area contributed by atoms with Gasteiger partial charge in [0, 0.05) is 56.6 Å².